The molecule has 2 heterocycles. The van der Waals surface area contributed by atoms with Gasteiger partial charge >= 0.3 is 0 Å². The predicted octanol–water partition coefficient (Wildman–Crippen LogP) is 3.31. The first-order chi connectivity index (χ1) is 10.7. The molecular formula is C16H16FN3OS. The van der Waals surface area contributed by atoms with Gasteiger partial charge in [-0.15, -0.1) is 0 Å². The van der Waals surface area contributed by atoms with E-state index in [1.54, 1.807) is 24.5 Å². The fourth-order valence-corrected chi connectivity index (χ4v) is 3.06. The largest absolute Gasteiger partial charge is 0.332 e. The molecule has 3 rings (SSSR count). The van der Waals surface area contributed by atoms with Gasteiger partial charge in [0.05, 0.1) is 11.6 Å². The molecular weight excluding hydrogens is 301 g/mol. The highest BCUT2D eigenvalue weighted by Crippen LogP contribution is 2.33. The van der Waals surface area contributed by atoms with Gasteiger partial charge < -0.3 is 4.90 Å². The molecule has 1 fully saturated rings. The molecule has 114 valence electrons. The molecule has 22 heavy (non-hydrogen) atoms. The van der Waals surface area contributed by atoms with Crippen LogP contribution in [0.3, 0.4) is 0 Å². The summed E-state index contributed by atoms with van der Waals surface area (Å²) in [4.78, 5) is 22.8. The van der Waals surface area contributed by atoms with Crippen LogP contribution in [-0.4, -0.2) is 33.6 Å². The van der Waals surface area contributed by atoms with Gasteiger partial charge in [-0.2, -0.15) is 0 Å². The van der Waals surface area contributed by atoms with Crippen LogP contribution in [0.1, 0.15) is 34.8 Å². The normalized spacial score (nSPS) is 17.7. The van der Waals surface area contributed by atoms with E-state index in [0.29, 0.717) is 17.3 Å². The van der Waals surface area contributed by atoms with Crippen LogP contribution in [0.2, 0.25) is 0 Å². The number of carbonyl (C=O) groups is 1. The summed E-state index contributed by atoms with van der Waals surface area (Å²) in [7, 11) is 0. The topological polar surface area (TPSA) is 46.1 Å². The van der Waals surface area contributed by atoms with Gasteiger partial charge in [0.2, 0.25) is 0 Å². The number of rotatable bonds is 3. The van der Waals surface area contributed by atoms with Crippen LogP contribution in [0.5, 0.6) is 0 Å². The van der Waals surface area contributed by atoms with E-state index in [1.165, 1.54) is 23.9 Å². The van der Waals surface area contributed by atoms with Crippen LogP contribution in [0, 0.1) is 5.82 Å². The number of carbonyl (C=O) groups excluding carboxylic acids is 1. The summed E-state index contributed by atoms with van der Waals surface area (Å²) < 4.78 is 13.1. The minimum absolute atomic E-state index is 0.00618. The SMILES string of the molecule is CSc1ncc(C(=O)N2CCC[C@@H]2c2ccc(F)cc2)cn1. The number of hydrogen-bond donors (Lipinski definition) is 0. The average Bonchev–Trinajstić information content (AvgIpc) is 3.04. The zero-order valence-corrected chi connectivity index (χ0v) is 13.0. The van der Waals surface area contributed by atoms with Gasteiger partial charge in [0.15, 0.2) is 5.16 Å². The number of thioether (sulfide) groups is 1. The van der Waals surface area contributed by atoms with E-state index in [0.717, 1.165) is 18.4 Å². The highest BCUT2D eigenvalue weighted by molar-refractivity contribution is 7.98. The highest BCUT2D eigenvalue weighted by Gasteiger charge is 2.30. The molecule has 0 saturated carbocycles. The maximum absolute atomic E-state index is 13.1. The Balaban J connectivity index is 1.82. The molecule has 1 aromatic carbocycles. The predicted molar refractivity (Wildman–Crippen MR) is 83.2 cm³/mol. The Labute approximate surface area is 132 Å². The summed E-state index contributed by atoms with van der Waals surface area (Å²) >= 11 is 1.44. The molecule has 6 heteroatoms. The zero-order chi connectivity index (χ0) is 15.5. The molecule has 0 aliphatic carbocycles. The molecule has 1 aliphatic heterocycles. The number of amides is 1. The second kappa shape index (κ2) is 6.44. The highest BCUT2D eigenvalue weighted by atomic mass is 32.2. The summed E-state index contributed by atoms with van der Waals surface area (Å²) in [5.41, 5.74) is 1.46. The van der Waals surface area contributed by atoms with Crippen molar-refractivity contribution in [1.29, 1.82) is 0 Å². The number of halogens is 1. The van der Waals surface area contributed by atoms with Gasteiger partial charge in [-0.25, -0.2) is 14.4 Å². The van der Waals surface area contributed by atoms with Crippen molar-refractivity contribution >= 4 is 17.7 Å². The maximum atomic E-state index is 13.1. The third-order valence-corrected chi connectivity index (χ3v) is 4.40. The number of aromatic nitrogens is 2. The van der Waals surface area contributed by atoms with Gasteiger partial charge in [0.1, 0.15) is 5.82 Å². The van der Waals surface area contributed by atoms with E-state index in [4.69, 9.17) is 0 Å². The van der Waals surface area contributed by atoms with Crippen LogP contribution in [0.4, 0.5) is 4.39 Å². The number of nitrogens with zero attached hydrogens (tertiary/aromatic N) is 3. The number of likely N-dealkylation sites (tertiary alicyclic amines) is 1. The average molecular weight is 317 g/mol. The first-order valence-electron chi connectivity index (χ1n) is 7.11. The fraction of sp³-hybridized carbons (Fsp3) is 0.312. The lowest BCUT2D eigenvalue weighted by atomic mass is 10.0. The Hall–Kier alpha value is -1.95. The third kappa shape index (κ3) is 2.97. The molecule has 1 saturated heterocycles. The first kappa shape index (κ1) is 15.0. The minimum Gasteiger partial charge on any atom is -0.332 e. The smallest absolute Gasteiger partial charge is 0.257 e. The Morgan fingerprint density at radius 2 is 1.95 bits per heavy atom. The van der Waals surface area contributed by atoms with Crippen LogP contribution in [0.15, 0.2) is 41.8 Å². The van der Waals surface area contributed by atoms with Gasteiger partial charge in [-0.05, 0) is 36.8 Å². The van der Waals surface area contributed by atoms with Crippen LogP contribution in [0.25, 0.3) is 0 Å². The molecule has 0 bridgehead atoms. The van der Waals surface area contributed by atoms with Crippen molar-refractivity contribution in [2.75, 3.05) is 12.8 Å². The number of hydrogen-bond acceptors (Lipinski definition) is 4. The first-order valence-corrected chi connectivity index (χ1v) is 8.34. The third-order valence-electron chi connectivity index (χ3n) is 3.83. The standard InChI is InChI=1S/C16H16FN3OS/c1-22-16-18-9-12(10-19-16)15(21)20-8-2-3-14(20)11-4-6-13(17)7-5-11/h4-7,9-10,14H,2-3,8H2,1H3/t14-/m1/s1. The van der Waals surface area contributed by atoms with Gasteiger partial charge in [-0.1, -0.05) is 23.9 Å². The molecule has 0 unspecified atom stereocenters. The lowest BCUT2D eigenvalue weighted by Crippen LogP contribution is -2.30. The monoisotopic (exact) mass is 317 g/mol. The molecule has 0 spiro atoms. The Morgan fingerprint density at radius 3 is 2.59 bits per heavy atom. The van der Waals surface area contributed by atoms with Crippen molar-refractivity contribution in [3.05, 3.63) is 53.6 Å². The van der Waals surface area contributed by atoms with E-state index < -0.39 is 0 Å². The van der Waals surface area contributed by atoms with Crippen molar-refractivity contribution in [2.24, 2.45) is 0 Å². The minimum atomic E-state index is -0.263. The lowest BCUT2D eigenvalue weighted by molar-refractivity contribution is 0.0734. The van der Waals surface area contributed by atoms with Crippen molar-refractivity contribution in [3.8, 4) is 0 Å². The summed E-state index contributed by atoms with van der Waals surface area (Å²) in [5, 5.41) is 0.646. The van der Waals surface area contributed by atoms with Crippen LogP contribution >= 0.6 is 11.8 Å². The van der Waals surface area contributed by atoms with Crippen LogP contribution < -0.4 is 0 Å². The van der Waals surface area contributed by atoms with E-state index >= 15 is 0 Å². The molecule has 1 amide bonds. The van der Waals surface area contributed by atoms with Crippen molar-refractivity contribution in [3.63, 3.8) is 0 Å². The van der Waals surface area contributed by atoms with Crippen molar-refractivity contribution in [1.82, 2.24) is 14.9 Å². The zero-order valence-electron chi connectivity index (χ0n) is 12.2. The molecule has 1 aromatic heterocycles. The summed E-state index contributed by atoms with van der Waals surface area (Å²) in [5.74, 6) is -0.333. The van der Waals surface area contributed by atoms with Gasteiger partial charge in [-0.3, -0.25) is 4.79 Å². The quantitative estimate of drug-likeness (QED) is 0.643. The van der Waals surface area contributed by atoms with E-state index in [-0.39, 0.29) is 17.8 Å². The van der Waals surface area contributed by atoms with Crippen LogP contribution in [-0.2, 0) is 0 Å². The van der Waals surface area contributed by atoms with E-state index in [9.17, 15) is 9.18 Å². The number of benzene rings is 1. The van der Waals surface area contributed by atoms with Crippen molar-refractivity contribution in [2.45, 2.75) is 24.0 Å². The summed E-state index contributed by atoms with van der Waals surface area (Å²) in [6.45, 7) is 0.700. The Bertz CT molecular complexity index is 660. The second-order valence-electron chi connectivity index (χ2n) is 5.17. The van der Waals surface area contributed by atoms with E-state index in [2.05, 4.69) is 9.97 Å². The van der Waals surface area contributed by atoms with E-state index in [1.807, 2.05) is 11.2 Å². The second-order valence-corrected chi connectivity index (χ2v) is 5.94. The van der Waals surface area contributed by atoms with Gasteiger partial charge in [0.25, 0.3) is 5.91 Å². The lowest BCUT2D eigenvalue weighted by Gasteiger charge is -2.25. The summed E-state index contributed by atoms with van der Waals surface area (Å²) in [6.07, 6.45) is 6.86. The van der Waals surface area contributed by atoms with Gasteiger partial charge in [0, 0.05) is 18.9 Å². The molecule has 4 nitrogen and oxygen atoms in total. The molecule has 0 radical (unpaired) electrons. The molecule has 1 atom stereocenters. The Kier molecular flexibility index (Phi) is 4.38. The van der Waals surface area contributed by atoms with Crippen molar-refractivity contribution < 1.29 is 9.18 Å². The maximum Gasteiger partial charge on any atom is 0.257 e. The Morgan fingerprint density at radius 1 is 1.27 bits per heavy atom. The summed E-state index contributed by atoms with van der Waals surface area (Å²) in [6, 6.07) is 6.37. The molecule has 0 N–H and O–H groups in total. The fourth-order valence-electron chi connectivity index (χ4n) is 2.74. The molecule has 1 aliphatic rings. The molecule has 2 aromatic rings.